The van der Waals surface area contributed by atoms with Gasteiger partial charge in [-0.2, -0.15) is 0 Å². The first-order valence-electron chi connectivity index (χ1n) is 13.8. The molecular weight excluding hydrogens is 581 g/mol. The van der Waals surface area contributed by atoms with Crippen LogP contribution in [0.25, 0.3) is 0 Å². The maximum atomic E-state index is 14.2. The summed E-state index contributed by atoms with van der Waals surface area (Å²) >= 11 is 12.4. The first kappa shape index (κ1) is 32.4. The molecule has 0 aliphatic rings. The van der Waals surface area contributed by atoms with Gasteiger partial charge in [-0.05, 0) is 60.7 Å². The molecule has 7 nitrogen and oxygen atoms in total. The normalized spacial score (nSPS) is 12.0. The Kier molecular flexibility index (Phi) is 12.1. The SMILES string of the molecule is CCCCNC(=O)[C@H](CC)N(Cc1ccc(Cl)c(Cl)c1)C(=O)CN(c1ccccc1CC)S(=O)(=O)c1ccccc1. The average Bonchev–Trinajstić information content (AvgIpc) is 2.98. The van der Waals surface area contributed by atoms with Crippen LogP contribution in [0.15, 0.2) is 77.7 Å². The fourth-order valence-electron chi connectivity index (χ4n) is 4.55. The Bertz CT molecular complexity index is 1430. The number of halogens is 2. The van der Waals surface area contributed by atoms with E-state index < -0.39 is 28.5 Å². The van der Waals surface area contributed by atoms with Gasteiger partial charge in [0.15, 0.2) is 0 Å². The minimum atomic E-state index is -4.12. The summed E-state index contributed by atoms with van der Waals surface area (Å²) in [4.78, 5) is 29.0. The van der Waals surface area contributed by atoms with Gasteiger partial charge in [-0.15, -0.1) is 0 Å². The first-order valence-corrected chi connectivity index (χ1v) is 16.0. The van der Waals surface area contributed by atoms with Crippen LogP contribution < -0.4 is 9.62 Å². The molecule has 0 aliphatic heterocycles. The number of nitrogens with one attached hydrogen (secondary N) is 1. The zero-order chi connectivity index (χ0) is 30.0. The summed E-state index contributed by atoms with van der Waals surface area (Å²) in [7, 11) is -4.12. The third kappa shape index (κ3) is 8.24. The molecule has 3 aromatic rings. The van der Waals surface area contributed by atoms with Crippen molar-refractivity contribution in [2.24, 2.45) is 0 Å². The Morgan fingerprint density at radius 1 is 0.902 bits per heavy atom. The predicted octanol–water partition coefficient (Wildman–Crippen LogP) is 6.47. The molecule has 220 valence electrons. The second kappa shape index (κ2) is 15.2. The molecule has 0 aliphatic carbocycles. The molecule has 0 bridgehead atoms. The number of unbranched alkanes of at least 4 members (excludes halogenated alkanes) is 1. The number of hydrogen-bond donors (Lipinski definition) is 1. The predicted molar refractivity (Wildman–Crippen MR) is 166 cm³/mol. The third-order valence-corrected chi connectivity index (χ3v) is 9.32. The summed E-state index contributed by atoms with van der Waals surface area (Å²) in [6, 6.07) is 19.3. The minimum absolute atomic E-state index is 0.0457. The molecule has 3 rings (SSSR count). The molecule has 3 aromatic carbocycles. The molecule has 1 atom stereocenters. The number of benzene rings is 3. The van der Waals surface area contributed by atoms with Crippen LogP contribution in [-0.2, 0) is 32.6 Å². The number of anilines is 1. The van der Waals surface area contributed by atoms with Gasteiger partial charge in [0.1, 0.15) is 12.6 Å². The molecule has 0 radical (unpaired) electrons. The van der Waals surface area contributed by atoms with Crippen molar-refractivity contribution in [3.05, 3.63) is 94.0 Å². The van der Waals surface area contributed by atoms with E-state index in [1.54, 1.807) is 48.5 Å². The molecular formula is C31H37Cl2N3O4S. The fourth-order valence-corrected chi connectivity index (χ4v) is 6.34. The van der Waals surface area contributed by atoms with Gasteiger partial charge in [0.2, 0.25) is 11.8 Å². The molecule has 0 saturated heterocycles. The summed E-state index contributed by atoms with van der Waals surface area (Å²) < 4.78 is 29.1. The van der Waals surface area contributed by atoms with E-state index in [1.165, 1.54) is 17.0 Å². The first-order chi connectivity index (χ1) is 19.6. The van der Waals surface area contributed by atoms with Gasteiger partial charge in [0.25, 0.3) is 10.0 Å². The van der Waals surface area contributed by atoms with E-state index in [-0.39, 0.29) is 17.3 Å². The Balaban J connectivity index is 2.07. The highest BCUT2D eigenvalue weighted by molar-refractivity contribution is 7.92. The van der Waals surface area contributed by atoms with Crippen molar-refractivity contribution in [2.45, 2.75) is 63.9 Å². The highest BCUT2D eigenvalue weighted by Gasteiger charge is 2.34. The molecule has 41 heavy (non-hydrogen) atoms. The van der Waals surface area contributed by atoms with Crippen LogP contribution in [0.1, 0.15) is 51.2 Å². The van der Waals surface area contributed by atoms with Crippen LogP contribution in [0.3, 0.4) is 0 Å². The second-order valence-electron chi connectivity index (χ2n) is 9.65. The van der Waals surface area contributed by atoms with Crippen LogP contribution in [0, 0.1) is 0 Å². The maximum Gasteiger partial charge on any atom is 0.264 e. The number of aryl methyl sites for hydroxylation is 1. The van der Waals surface area contributed by atoms with Crippen LogP contribution >= 0.6 is 23.2 Å². The lowest BCUT2D eigenvalue weighted by Gasteiger charge is -2.33. The zero-order valence-corrected chi connectivity index (χ0v) is 26.0. The third-order valence-electron chi connectivity index (χ3n) is 6.80. The molecule has 0 aromatic heterocycles. The monoisotopic (exact) mass is 617 g/mol. The zero-order valence-electron chi connectivity index (χ0n) is 23.6. The number of carbonyl (C=O) groups is 2. The highest BCUT2D eigenvalue weighted by atomic mass is 35.5. The number of rotatable bonds is 14. The molecule has 0 spiro atoms. The van der Waals surface area contributed by atoms with E-state index in [1.807, 2.05) is 32.9 Å². The summed E-state index contributed by atoms with van der Waals surface area (Å²) in [6.07, 6.45) is 2.61. The lowest BCUT2D eigenvalue weighted by Crippen LogP contribution is -2.52. The van der Waals surface area contributed by atoms with Crippen molar-refractivity contribution in [3.8, 4) is 0 Å². The van der Waals surface area contributed by atoms with Crippen molar-refractivity contribution in [1.82, 2.24) is 10.2 Å². The van der Waals surface area contributed by atoms with Crippen LogP contribution in [0.5, 0.6) is 0 Å². The largest absolute Gasteiger partial charge is 0.354 e. The Morgan fingerprint density at radius 3 is 2.22 bits per heavy atom. The molecule has 1 N–H and O–H groups in total. The number of carbonyl (C=O) groups excluding carboxylic acids is 2. The van der Waals surface area contributed by atoms with E-state index in [0.29, 0.717) is 40.7 Å². The lowest BCUT2D eigenvalue weighted by atomic mass is 10.1. The van der Waals surface area contributed by atoms with Gasteiger partial charge >= 0.3 is 0 Å². The van der Waals surface area contributed by atoms with Gasteiger partial charge in [-0.1, -0.05) is 92.9 Å². The standard InChI is InChI=1S/C31H37Cl2N3O4S/c1-4-7-19-34-31(38)28(6-3)35(21-23-17-18-26(32)27(33)20-23)30(37)22-36(29-16-12-11-13-24(29)5-2)41(39,40)25-14-9-8-10-15-25/h8-18,20,28H,4-7,19,21-22H2,1-3H3,(H,34,38)/t28-/m0/s1. The topological polar surface area (TPSA) is 86.8 Å². The second-order valence-corrected chi connectivity index (χ2v) is 12.3. The van der Waals surface area contributed by atoms with E-state index in [0.717, 1.165) is 22.7 Å². The van der Waals surface area contributed by atoms with Gasteiger partial charge in [-0.3, -0.25) is 13.9 Å². The smallest absolute Gasteiger partial charge is 0.264 e. The van der Waals surface area contributed by atoms with Gasteiger partial charge < -0.3 is 10.2 Å². The van der Waals surface area contributed by atoms with Gasteiger partial charge in [0, 0.05) is 13.1 Å². The number of para-hydroxylation sites is 1. The number of sulfonamides is 1. The number of hydrogen-bond acceptors (Lipinski definition) is 4. The van der Waals surface area contributed by atoms with Crippen LogP contribution in [0.4, 0.5) is 5.69 Å². The van der Waals surface area contributed by atoms with Crippen LogP contribution in [-0.4, -0.2) is 44.3 Å². The molecule has 0 heterocycles. The van der Waals surface area contributed by atoms with Crippen molar-refractivity contribution in [1.29, 1.82) is 0 Å². The van der Waals surface area contributed by atoms with Crippen molar-refractivity contribution < 1.29 is 18.0 Å². The molecule has 2 amide bonds. The highest BCUT2D eigenvalue weighted by Crippen LogP contribution is 2.29. The summed E-state index contributed by atoms with van der Waals surface area (Å²) in [5.74, 6) is -0.806. The van der Waals surface area contributed by atoms with Crippen molar-refractivity contribution in [2.75, 3.05) is 17.4 Å². The summed E-state index contributed by atoms with van der Waals surface area (Å²) in [6.45, 7) is 5.82. The summed E-state index contributed by atoms with van der Waals surface area (Å²) in [5, 5.41) is 3.61. The van der Waals surface area contributed by atoms with E-state index in [9.17, 15) is 18.0 Å². The average molecular weight is 619 g/mol. The number of amides is 2. The number of nitrogens with zero attached hydrogens (tertiary/aromatic N) is 2. The van der Waals surface area contributed by atoms with Crippen LogP contribution in [0.2, 0.25) is 10.0 Å². The quantitative estimate of drug-likeness (QED) is 0.210. The van der Waals surface area contributed by atoms with Gasteiger partial charge in [0.05, 0.1) is 20.6 Å². The Hall–Kier alpha value is -3.07. The molecule has 0 unspecified atom stereocenters. The molecule has 10 heteroatoms. The fraction of sp³-hybridized carbons (Fsp3) is 0.355. The van der Waals surface area contributed by atoms with Crippen molar-refractivity contribution >= 4 is 50.7 Å². The van der Waals surface area contributed by atoms with E-state index in [4.69, 9.17) is 23.2 Å². The van der Waals surface area contributed by atoms with E-state index in [2.05, 4.69) is 5.32 Å². The maximum absolute atomic E-state index is 14.2. The van der Waals surface area contributed by atoms with Crippen molar-refractivity contribution in [3.63, 3.8) is 0 Å². The lowest BCUT2D eigenvalue weighted by molar-refractivity contribution is -0.140. The Morgan fingerprint density at radius 2 is 1.59 bits per heavy atom. The van der Waals surface area contributed by atoms with Gasteiger partial charge in [-0.25, -0.2) is 8.42 Å². The summed E-state index contributed by atoms with van der Waals surface area (Å²) in [5.41, 5.74) is 1.86. The Labute approximate surface area is 253 Å². The molecule has 0 fully saturated rings. The van der Waals surface area contributed by atoms with E-state index >= 15 is 0 Å². The minimum Gasteiger partial charge on any atom is -0.354 e. The molecule has 0 saturated carbocycles.